The normalized spacial score (nSPS) is 11.1. The van der Waals surface area contributed by atoms with Crippen molar-refractivity contribution in [2.75, 3.05) is 39.9 Å². The van der Waals surface area contributed by atoms with Crippen LogP contribution in [0.1, 0.15) is 17.3 Å². The third-order valence-electron chi connectivity index (χ3n) is 2.72. The van der Waals surface area contributed by atoms with Gasteiger partial charge in [0, 0.05) is 37.3 Å². The molecule has 0 unspecified atom stereocenters. The van der Waals surface area contributed by atoms with Crippen LogP contribution in [0, 0.1) is 0 Å². The van der Waals surface area contributed by atoms with Gasteiger partial charge in [-0.3, -0.25) is 9.79 Å². The number of guanidine groups is 1. The van der Waals surface area contributed by atoms with Crippen molar-refractivity contribution in [1.82, 2.24) is 16.0 Å². The highest BCUT2D eigenvalue weighted by Crippen LogP contribution is 2.08. The van der Waals surface area contributed by atoms with Gasteiger partial charge in [0.1, 0.15) is 0 Å². The van der Waals surface area contributed by atoms with Crippen LogP contribution in [0.2, 0.25) is 5.02 Å². The Hall–Kier alpha value is -1.79. The monoisotopic (exact) mass is 326 g/mol. The molecule has 0 saturated carbocycles. The second-order valence-corrected chi connectivity index (χ2v) is 4.88. The smallest absolute Gasteiger partial charge is 0.251 e. The minimum absolute atomic E-state index is 0.125. The first-order valence-electron chi connectivity index (χ1n) is 7.22. The number of benzene rings is 1. The molecule has 0 saturated heterocycles. The summed E-state index contributed by atoms with van der Waals surface area (Å²) in [5, 5.41) is 9.71. The van der Waals surface area contributed by atoms with Crippen LogP contribution >= 0.6 is 11.6 Å². The van der Waals surface area contributed by atoms with Gasteiger partial charge >= 0.3 is 0 Å². The maximum atomic E-state index is 11.9. The van der Waals surface area contributed by atoms with E-state index in [0.717, 1.165) is 6.54 Å². The van der Waals surface area contributed by atoms with E-state index < -0.39 is 0 Å². The summed E-state index contributed by atoms with van der Waals surface area (Å²) < 4.78 is 4.96. The van der Waals surface area contributed by atoms with E-state index in [9.17, 15) is 4.79 Å². The summed E-state index contributed by atoms with van der Waals surface area (Å²) in [7, 11) is 1.64. The lowest BCUT2D eigenvalue weighted by Gasteiger charge is -2.11. The zero-order valence-electron chi connectivity index (χ0n) is 13.0. The van der Waals surface area contributed by atoms with E-state index in [1.807, 2.05) is 6.92 Å². The van der Waals surface area contributed by atoms with Gasteiger partial charge in [-0.1, -0.05) is 11.6 Å². The van der Waals surface area contributed by atoms with E-state index in [4.69, 9.17) is 16.3 Å². The van der Waals surface area contributed by atoms with Crippen LogP contribution in [0.4, 0.5) is 0 Å². The van der Waals surface area contributed by atoms with E-state index in [-0.39, 0.29) is 5.91 Å². The molecule has 122 valence electrons. The van der Waals surface area contributed by atoms with Gasteiger partial charge in [-0.2, -0.15) is 0 Å². The summed E-state index contributed by atoms with van der Waals surface area (Å²) in [6.45, 7) is 5.01. The van der Waals surface area contributed by atoms with E-state index in [0.29, 0.717) is 42.8 Å². The van der Waals surface area contributed by atoms with Crippen molar-refractivity contribution in [2.45, 2.75) is 6.92 Å². The highest BCUT2D eigenvalue weighted by Gasteiger charge is 2.04. The first kappa shape index (κ1) is 18.3. The fourth-order valence-electron chi connectivity index (χ4n) is 1.65. The Balaban J connectivity index is 2.31. The molecule has 0 spiro atoms. The van der Waals surface area contributed by atoms with Crippen LogP contribution in [0.25, 0.3) is 0 Å². The van der Waals surface area contributed by atoms with E-state index in [1.54, 1.807) is 31.4 Å². The molecule has 0 bridgehead atoms. The average molecular weight is 327 g/mol. The SMILES string of the molecule is CCNC(=NCCOC)NCCNC(=O)c1ccc(Cl)cc1. The number of nitrogens with zero attached hydrogens (tertiary/aromatic N) is 1. The topological polar surface area (TPSA) is 74.8 Å². The van der Waals surface area contributed by atoms with Gasteiger partial charge in [-0.25, -0.2) is 0 Å². The third kappa shape index (κ3) is 7.28. The molecular formula is C15H23ClN4O2. The number of amides is 1. The van der Waals surface area contributed by atoms with E-state index >= 15 is 0 Å². The first-order chi connectivity index (χ1) is 10.7. The Kier molecular flexibility index (Phi) is 9.02. The molecule has 1 aromatic carbocycles. The van der Waals surface area contributed by atoms with Gasteiger partial charge in [0.05, 0.1) is 13.2 Å². The van der Waals surface area contributed by atoms with Crippen LogP contribution < -0.4 is 16.0 Å². The average Bonchev–Trinajstić information content (AvgIpc) is 2.52. The van der Waals surface area contributed by atoms with E-state index in [2.05, 4.69) is 20.9 Å². The van der Waals surface area contributed by atoms with Crippen LogP contribution in [0.5, 0.6) is 0 Å². The molecule has 0 aliphatic heterocycles. The summed E-state index contributed by atoms with van der Waals surface area (Å²) >= 11 is 5.79. The Morgan fingerprint density at radius 1 is 1.18 bits per heavy atom. The number of nitrogens with one attached hydrogen (secondary N) is 3. The molecule has 1 rings (SSSR count). The largest absolute Gasteiger partial charge is 0.383 e. The molecular weight excluding hydrogens is 304 g/mol. The van der Waals surface area contributed by atoms with E-state index in [1.165, 1.54) is 0 Å². The lowest BCUT2D eigenvalue weighted by molar-refractivity contribution is 0.0954. The maximum absolute atomic E-state index is 11.9. The second kappa shape index (κ2) is 10.9. The number of carbonyl (C=O) groups is 1. The van der Waals surface area contributed by atoms with Crippen molar-refractivity contribution in [1.29, 1.82) is 0 Å². The van der Waals surface area contributed by atoms with Gasteiger partial charge in [0.2, 0.25) is 0 Å². The summed E-state index contributed by atoms with van der Waals surface area (Å²) in [5.74, 6) is 0.583. The molecule has 0 aliphatic carbocycles. The second-order valence-electron chi connectivity index (χ2n) is 4.44. The van der Waals surface area contributed by atoms with Gasteiger partial charge in [0.15, 0.2) is 5.96 Å². The van der Waals surface area contributed by atoms with Gasteiger partial charge in [-0.05, 0) is 31.2 Å². The number of aliphatic imine (C=N–C) groups is 1. The van der Waals surface area contributed by atoms with Crippen molar-refractivity contribution in [2.24, 2.45) is 4.99 Å². The molecule has 0 aromatic heterocycles. The predicted molar refractivity (Wildman–Crippen MR) is 89.6 cm³/mol. The minimum Gasteiger partial charge on any atom is -0.383 e. The molecule has 3 N–H and O–H groups in total. The number of hydrogen-bond acceptors (Lipinski definition) is 3. The standard InChI is InChI=1S/C15H23ClN4O2/c1-3-17-15(20-10-11-22-2)19-9-8-18-14(21)12-4-6-13(16)7-5-12/h4-7H,3,8-11H2,1-2H3,(H,18,21)(H2,17,19,20). The Labute approximate surface area is 136 Å². The summed E-state index contributed by atoms with van der Waals surface area (Å²) in [6, 6.07) is 6.78. The van der Waals surface area contributed by atoms with Crippen LogP contribution in [0.15, 0.2) is 29.3 Å². The molecule has 0 atom stereocenters. The Morgan fingerprint density at radius 2 is 1.86 bits per heavy atom. The van der Waals surface area contributed by atoms with Crippen LogP contribution in [-0.4, -0.2) is 51.8 Å². The third-order valence-corrected chi connectivity index (χ3v) is 2.97. The fraction of sp³-hybridized carbons (Fsp3) is 0.467. The summed E-state index contributed by atoms with van der Waals surface area (Å²) in [5.41, 5.74) is 0.588. The number of hydrogen-bond donors (Lipinski definition) is 3. The maximum Gasteiger partial charge on any atom is 0.251 e. The fourth-order valence-corrected chi connectivity index (χ4v) is 1.78. The summed E-state index contributed by atoms with van der Waals surface area (Å²) in [6.07, 6.45) is 0. The Morgan fingerprint density at radius 3 is 2.50 bits per heavy atom. The summed E-state index contributed by atoms with van der Waals surface area (Å²) in [4.78, 5) is 16.2. The van der Waals surface area contributed by atoms with Gasteiger partial charge in [0.25, 0.3) is 5.91 Å². The molecule has 0 fully saturated rings. The highest BCUT2D eigenvalue weighted by atomic mass is 35.5. The zero-order valence-corrected chi connectivity index (χ0v) is 13.7. The zero-order chi connectivity index (χ0) is 16.2. The highest BCUT2D eigenvalue weighted by molar-refractivity contribution is 6.30. The number of rotatable bonds is 8. The molecule has 7 heteroatoms. The van der Waals surface area contributed by atoms with Gasteiger partial charge < -0.3 is 20.7 Å². The molecule has 1 amide bonds. The molecule has 0 heterocycles. The first-order valence-corrected chi connectivity index (χ1v) is 7.60. The lowest BCUT2D eigenvalue weighted by Crippen LogP contribution is -2.41. The number of carbonyl (C=O) groups excluding carboxylic acids is 1. The molecule has 0 aliphatic rings. The van der Waals surface area contributed by atoms with Crippen molar-refractivity contribution in [3.8, 4) is 0 Å². The molecule has 22 heavy (non-hydrogen) atoms. The minimum atomic E-state index is -0.125. The van der Waals surface area contributed by atoms with Crippen molar-refractivity contribution < 1.29 is 9.53 Å². The number of ether oxygens (including phenoxy) is 1. The number of methoxy groups -OCH3 is 1. The quantitative estimate of drug-likeness (QED) is 0.382. The lowest BCUT2D eigenvalue weighted by atomic mass is 10.2. The molecule has 6 nitrogen and oxygen atoms in total. The van der Waals surface area contributed by atoms with Crippen molar-refractivity contribution in [3.05, 3.63) is 34.9 Å². The molecule has 0 radical (unpaired) electrons. The number of halogens is 1. The van der Waals surface area contributed by atoms with Crippen molar-refractivity contribution in [3.63, 3.8) is 0 Å². The Bertz CT molecular complexity index is 477. The predicted octanol–water partition coefficient (Wildman–Crippen LogP) is 1.27. The van der Waals surface area contributed by atoms with Gasteiger partial charge in [-0.15, -0.1) is 0 Å². The van der Waals surface area contributed by atoms with Crippen molar-refractivity contribution >= 4 is 23.5 Å². The van der Waals surface area contributed by atoms with Crippen LogP contribution in [-0.2, 0) is 4.74 Å². The van der Waals surface area contributed by atoms with Crippen LogP contribution in [0.3, 0.4) is 0 Å². The molecule has 1 aromatic rings.